The van der Waals surface area contributed by atoms with Gasteiger partial charge in [0.25, 0.3) is 0 Å². The van der Waals surface area contributed by atoms with Crippen LogP contribution in [-0.2, 0) is 6.54 Å². The van der Waals surface area contributed by atoms with Crippen molar-refractivity contribution in [3.05, 3.63) is 34.6 Å². The zero-order chi connectivity index (χ0) is 12.0. The molecule has 0 unspecified atom stereocenters. The number of nitrogens with one attached hydrogen (secondary N) is 1. The Balaban J connectivity index is 2.24. The van der Waals surface area contributed by atoms with Gasteiger partial charge in [0.2, 0.25) is 0 Å². The van der Waals surface area contributed by atoms with E-state index in [9.17, 15) is 4.39 Å². The van der Waals surface area contributed by atoms with Crippen molar-refractivity contribution in [1.82, 2.24) is 5.32 Å². The third-order valence-corrected chi connectivity index (χ3v) is 2.74. The highest BCUT2D eigenvalue weighted by atomic mass is 35.5. The monoisotopic (exact) mass is 243 g/mol. The summed E-state index contributed by atoms with van der Waals surface area (Å²) < 4.78 is 12.9. The zero-order valence-corrected chi connectivity index (χ0v) is 10.6. The van der Waals surface area contributed by atoms with Gasteiger partial charge in [-0.1, -0.05) is 31.5 Å². The van der Waals surface area contributed by atoms with Gasteiger partial charge in [-0.2, -0.15) is 0 Å². The van der Waals surface area contributed by atoms with Crippen molar-refractivity contribution in [2.24, 2.45) is 5.92 Å². The Labute approximate surface area is 102 Å². The predicted molar refractivity (Wildman–Crippen MR) is 67.2 cm³/mol. The molecule has 0 heterocycles. The quantitative estimate of drug-likeness (QED) is 0.745. The average Bonchev–Trinajstić information content (AvgIpc) is 2.22. The van der Waals surface area contributed by atoms with Crippen LogP contribution in [0.1, 0.15) is 32.3 Å². The van der Waals surface area contributed by atoms with E-state index in [1.807, 2.05) is 0 Å². The van der Waals surface area contributed by atoms with E-state index >= 15 is 0 Å². The summed E-state index contributed by atoms with van der Waals surface area (Å²) in [5.74, 6) is 0.396. The number of hydrogen-bond acceptors (Lipinski definition) is 1. The maximum Gasteiger partial charge on any atom is 0.141 e. The lowest BCUT2D eigenvalue weighted by atomic mass is 10.1. The van der Waals surface area contributed by atoms with Crippen LogP contribution >= 0.6 is 11.6 Å². The lowest BCUT2D eigenvalue weighted by Gasteiger charge is -2.07. The number of benzene rings is 1. The standard InChI is InChI=1S/C13H19ClFN/c1-10(2)4-3-7-16-9-11-5-6-13(15)12(14)8-11/h5-6,8,10,16H,3-4,7,9H2,1-2H3. The minimum atomic E-state index is -0.356. The van der Waals surface area contributed by atoms with Gasteiger partial charge in [-0.3, -0.25) is 0 Å². The van der Waals surface area contributed by atoms with Crippen molar-refractivity contribution >= 4 is 11.6 Å². The summed E-state index contributed by atoms with van der Waals surface area (Å²) in [6.45, 7) is 6.19. The van der Waals surface area contributed by atoms with Crippen molar-refractivity contribution < 1.29 is 4.39 Å². The number of hydrogen-bond donors (Lipinski definition) is 1. The fourth-order valence-electron chi connectivity index (χ4n) is 1.52. The Morgan fingerprint density at radius 2 is 2.12 bits per heavy atom. The molecule has 1 rings (SSSR count). The molecule has 0 spiro atoms. The third kappa shape index (κ3) is 4.95. The molecule has 90 valence electrons. The lowest BCUT2D eigenvalue weighted by molar-refractivity contribution is 0.527. The molecule has 0 aliphatic carbocycles. The normalized spacial score (nSPS) is 11.1. The van der Waals surface area contributed by atoms with Crippen LogP contribution in [0, 0.1) is 11.7 Å². The summed E-state index contributed by atoms with van der Waals surface area (Å²) in [5, 5.41) is 3.52. The minimum Gasteiger partial charge on any atom is -0.313 e. The summed E-state index contributed by atoms with van der Waals surface area (Å²) in [7, 11) is 0. The van der Waals surface area contributed by atoms with Crippen LogP contribution in [0.15, 0.2) is 18.2 Å². The summed E-state index contributed by atoms with van der Waals surface area (Å²) >= 11 is 5.69. The first-order valence-corrected chi connectivity index (χ1v) is 6.12. The Morgan fingerprint density at radius 3 is 2.75 bits per heavy atom. The highest BCUT2D eigenvalue weighted by Crippen LogP contribution is 2.15. The molecule has 1 N–H and O–H groups in total. The second-order valence-corrected chi connectivity index (χ2v) is 4.87. The molecule has 16 heavy (non-hydrogen) atoms. The van der Waals surface area contributed by atoms with Crippen LogP contribution in [0.4, 0.5) is 4.39 Å². The van der Waals surface area contributed by atoms with Gasteiger partial charge in [0, 0.05) is 6.54 Å². The molecule has 0 atom stereocenters. The summed E-state index contributed by atoms with van der Waals surface area (Å²) in [4.78, 5) is 0. The van der Waals surface area contributed by atoms with Crippen molar-refractivity contribution in [1.29, 1.82) is 0 Å². The molecular formula is C13H19ClFN. The molecule has 0 amide bonds. The first-order chi connectivity index (χ1) is 7.59. The average molecular weight is 244 g/mol. The van der Waals surface area contributed by atoms with E-state index in [2.05, 4.69) is 19.2 Å². The Hall–Kier alpha value is -0.600. The molecule has 1 aromatic rings. The van der Waals surface area contributed by atoms with Crippen LogP contribution in [0.2, 0.25) is 5.02 Å². The topological polar surface area (TPSA) is 12.0 Å². The van der Waals surface area contributed by atoms with E-state index < -0.39 is 0 Å². The fraction of sp³-hybridized carbons (Fsp3) is 0.538. The van der Waals surface area contributed by atoms with Crippen LogP contribution in [0.5, 0.6) is 0 Å². The van der Waals surface area contributed by atoms with Gasteiger partial charge >= 0.3 is 0 Å². The molecule has 1 aromatic carbocycles. The van der Waals surface area contributed by atoms with Crippen molar-refractivity contribution in [3.63, 3.8) is 0 Å². The largest absolute Gasteiger partial charge is 0.313 e. The van der Waals surface area contributed by atoms with E-state index in [1.165, 1.54) is 18.9 Å². The van der Waals surface area contributed by atoms with Gasteiger partial charge in [0.05, 0.1) is 5.02 Å². The third-order valence-electron chi connectivity index (χ3n) is 2.45. The fourth-order valence-corrected chi connectivity index (χ4v) is 1.72. The van der Waals surface area contributed by atoms with Crippen LogP contribution < -0.4 is 5.32 Å². The summed E-state index contributed by atoms with van der Waals surface area (Å²) in [6.07, 6.45) is 2.41. The van der Waals surface area contributed by atoms with E-state index in [1.54, 1.807) is 12.1 Å². The summed E-state index contributed by atoms with van der Waals surface area (Å²) in [6, 6.07) is 4.84. The molecule has 0 fully saturated rings. The predicted octanol–water partition coefficient (Wildman–Crippen LogP) is 4.00. The Morgan fingerprint density at radius 1 is 1.38 bits per heavy atom. The Kier molecular flexibility index (Phi) is 5.78. The molecule has 1 nitrogen and oxygen atoms in total. The lowest BCUT2D eigenvalue weighted by Crippen LogP contribution is -2.15. The van der Waals surface area contributed by atoms with E-state index in [-0.39, 0.29) is 10.8 Å². The SMILES string of the molecule is CC(C)CCCNCc1ccc(F)c(Cl)c1. The maximum atomic E-state index is 12.9. The second kappa shape index (κ2) is 6.87. The number of halogens is 2. The molecule has 0 aliphatic rings. The molecule has 0 saturated heterocycles. The number of rotatable bonds is 6. The molecule has 0 radical (unpaired) electrons. The van der Waals surface area contributed by atoms with E-state index in [0.717, 1.165) is 24.6 Å². The maximum absolute atomic E-state index is 12.9. The van der Waals surface area contributed by atoms with Crippen LogP contribution in [-0.4, -0.2) is 6.54 Å². The van der Waals surface area contributed by atoms with Crippen molar-refractivity contribution in [3.8, 4) is 0 Å². The molecule has 0 saturated carbocycles. The van der Waals surface area contributed by atoms with Gasteiger partial charge in [0.15, 0.2) is 0 Å². The van der Waals surface area contributed by atoms with Gasteiger partial charge < -0.3 is 5.32 Å². The molecular weight excluding hydrogens is 225 g/mol. The second-order valence-electron chi connectivity index (χ2n) is 4.46. The molecule has 3 heteroatoms. The van der Waals surface area contributed by atoms with Crippen LogP contribution in [0.3, 0.4) is 0 Å². The minimum absolute atomic E-state index is 0.196. The van der Waals surface area contributed by atoms with Gasteiger partial charge in [0.1, 0.15) is 5.82 Å². The first kappa shape index (κ1) is 13.5. The zero-order valence-electron chi connectivity index (χ0n) is 9.89. The highest BCUT2D eigenvalue weighted by molar-refractivity contribution is 6.30. The molecule has 0 bridgehead atoms. The van der Waals surface area contributed by atoms with Gasteiger partial charge in [-0.15, -0.1) is 0 Å². The Bertz CT molecular complexity index is 326. The van der Waals surface area contributed by atoms with E-state index in [4.69, 9.17) is 11.6 Å². The smallest absolute Gasteiger partial charge is 0.141 e. The highest BCUT2D eigenvalue weighted by Gasteiger charge is 2.00. The van der Waals surface area contributed by atoms with Crippen molar-refractivity contribution in [2.45, 2.75) is 33.2 Å². The van der Waals surface area contributed by atoms with E-state index in [0.29, 0.717) is 0 Å². The molecule has 0 aliphatic heterocycles. The van der Waals surface area contributed by atoms with Crippen molar-refractivity contribution in [2.75, 3.05) is 6.54 Å². The van der Waals surface area contributed by atoms with Crippen LogP contribution in [0.25, 0.3) is 0 Å². The first-order valence-electron chi connectivity index (χ1n) is 5.74. The molecule has 0 aromatic heterocycles. The van der Waals surface area contributed by atoms with Gasteiger partial charge in [-0.05, 0) is 43.0 Å². The summed E-state index contributed by atoms with van der Waals surface area (Å²) in [5.41, 5.74) is 1.02. The van der Waals surface area contributed by atoms with Gasteiger partial charge in [-0.25, -0.2) is 4.39 Å².